The zero-order valence-corrected chi connectivity index (χ0v) is 19.4. The molecule has 0 atom stereocenters. The van der Waals surface area contributed by atoms with Gasteiger partial charge in [-0.1, -0.05) is 49.6 Å². The number of anilines is 1. The first-order valence-corrected chi connectivity index (χ1v) is 12.6. The van der Waals surface area contributed by atoms with Crippen LogP contribution in [-0.2, 0) is 24.3 Å². The van der Waals surface area contributed by atoms with E-state index in [1.165, 1.54) is 29.7 Å². The fourth-order valence-corrected chi connectivity index (χ4v) is 5.46. The van der Waals surface area contributed by atoms with E-state index in [4.69, 9.17) is 0 Å². The molecule has 2 aliphatic rings. The van der Waals surface area contributed by atoms with Crippen LogP contribution < -0.4 is 16.0 Å². The van der Waals surface area contributed by atoms with Crippen molar-refractivity contribution in [3.63, 3.8) is 0 Å². The number of hydrogen-bond donors (Lipinski definition) is 3. The molecule has 1 aliphatic heterocycles. The Bertz CT molecular complexity index is 895. The number of nitrogens with one attached hydrogen (secondary N) is 3. The number of carbonyl (C=O) groups is 2. The van der Waals surface area contributed by atoms with E-state index in [0.717, 1.165) is 44.6 Å². The molecule has 2 aromatic rings. The third-order valence-corrected chi connectivity index (χ3v) is 7.11. The summed E-state index contributed by atoms with van der Waals surface area (Å²) in [6, 6.07) is 10.7. The summed E-state index contributed by atoms with van der Waals surface area (Å²) in [4.78, 5) is 32.6. The molecule has 0 spiro atoms. The lowest BCUT2D eigenvalue weighted by Crippen LogP contribution is -2.43. The predicted octanol–water partition coefficient (Wildman–Crippen LogP) is 4.05. The van der Waals surface area contributed by atoms with Crippen LogP contribution in [0.1, 0.15) is 61.1 Å². The third kappa shape index (κ3) is 6.77. The SMILES string of the molecule is O=C(CCCNC(=O)NC1CCCCC1)Nc1nc2c(s1)CN(Cc1ccccc1)CC2. The van der Waals surface area contributed by atoms with Crippen LogP contribution in [-0.4, -0.2) is 41.0 Å². The summed E-state index contributed by atoms with van der Waals surface area (Å²) in [7, 11) is 0. The second kappa shape index (κ2) is 11.4. The van der Waals surface area contributed by atoms with Gasteiger partial charge in [0.05, 0.1) is 5.69 Å². The highest BCUT2D eigenvalue weighted by Gasteiger charge is 2.21. The van der Waals surface area contributed by atoms with Crippen molar-refractivity contribution >= 4 is 28.4 Å². The summed E-state index contributed by atoms with van der Waals surface area (Å²) in [6.45, 7) is 3.28. The molecule has 1 aliphatic carbocycles. The molecule has 1 aromatic heterocycles. The van der Waals surface area contributed by atoms with Crippen LogP contribution in [0.4, 0.5) is 9.93 Å². The van der Waals surface area contributed by atoms with Crippen molar-refractivity contribution in [1.82, 2.24) is 20.5 Å². The van der Waals surface area contributed by atoms with Gasteiger partial charge in [0, 0.05) is 49.9 Å². The quantitative estimate of drug-likeness (QED) is 0.524. The summed E-state index contributed by atoms with van der Waals surface area (Å²) < 4.78 is 0. The van der Waals surface area contributed by atoms with E-state index in [0.29, 0.717) is 30.6 Å². The molecule has 0 radical (unpaired) electrons. The molecule has 3 N–H and O–H groups in total. The number of fused-ring (bicyclic) bond motifs is 1. The van der Waals surface area contributed by atoms with Crippen LogP contribution in [0.5, 0.6) is 0 Å². The van der Waals surface area contributed by atoms with Gasteiger partial charge in [0.1, 0.15) is 0 Å². The number of aromatic nitrogens is 1. The number of amides is 3. The van der Waals surface area contributed by atoms with Gasteiger partial charge < -0.3 is 16.0 Å². The lowest BCUT2D eigenvalue weighted by Gasteiger charge is -2.25. The number of benzene rings is 1. The first kappa shape index (κ1) is 22.7. The van der Waals surface area contributed by atoms with Crippen LogP contribution in [0.2, 0.25) is 0 Å². The van der Waals surface area contributed by atoms with Crippen LogP contribution in [0, 0.1) is 0 Å². The normalized spacial score (nSPS) is 16.9. The van der Waals surface area contributed by atoms with Gasteiger partial charge in [0.2, 0.25) is 5.91 Å². The molecule has 7 nitrogen and oxygen atoms in total. The summed E-state index contributed by atoms with van der Waals surface area (Å²) in [5.41, 5.74) is 2.42. The molecule has 1 fully saturated rings. The van der Waals surface area contributed by atoms with Crippen molar-refractivity contribution < 1.29 is 9.59 Å². The van der Waals surface area contributed by atoms with E-state index in [1.54, 1.807) is 11.3 Å². The Kier molecular flexibility index (Phi) is 8.12. The van der Waals surface area contributed by atoms with Gasteiger partial charge in [0.15, 0.2) is 5.13 Å². The van der Waals surface area contributed by atoms with Gasteiger partial charge in [-0.2, -0.15) is 0 Å². The number of carbonyl (C=O) groups excluding carboxylic acids is 2. The van der Waals surface area contributed by atoms with Crippen LogP contribution >= 0.6 is 11.3 Å². The zero-order chi connectivity index (χ0) is 22.2. The molecule has 2 heterocycles. The molecule has 1 saturated carbocycles. The zero-order valence-electron chi connectivity index (χ0n) is 18.6. The average molecular weight is 456 g/mol. The van der Waals surface area contributed by atoms with Crippen LogP contribution in [0.3, 0.4) is 0 Å². The van der Waals surface area contributed by atoms with Crippen molar-refractivity contribution in [2.24, 2.45) is 0 Å². The van der Waals surface area contributed by atoms with Gasteiger partial charge in [-0.25, -0.2) is 9.78 Å². The van der Waals surface area contributed by atoms with Crippen molar-refractivity contribution in [2.75, 3.05) is 18.4 Å². The number of hydrogen-bond acceptors (Lipinski definition) is 5. The molecule has 172 valence electrons. The predicted molar refractivity (Wildman–Crippen MR) is 128 cm³/mol. The average Bonchev–Trinajstić information content (AvgIpc) is 3.19. The summed E-state index contributed by atoms with van der Waals surface area (Å²) in [5, 5.41) is 9.52. The standard InChI is InChI=1S/C24H33N5O2S/c30-22(12-7-14-25-23(31)26-19-10-5-2-6-11-19)28-24-27-20-13-15-29(17-21(20)32-24)16-18-8-3-1-4-9-18/h1,3-4,8-9,19H,2,5-7,10-17H2,(H2,25,26,31)(H,27,28,30). The van der Waals surface area contributed by atoms with Crippen molar-refractivity contribution in [1.29, 1.82) is 0 Å². The molecule has 0 bridgehead atoms. The first-order valence-electron chi connectivity index (χ1n) is 11.7. The van der Waals surface area contributed by atoms with Gasteiger partial charge in [-0.05, 0) is 24.8 Å². The maximum Gasteiger partial charge on any atom is 0.315 e. The van der Waals surface area contributed by atoms with Crippen molar-refractivity contribution in [2.45, 2.75) is 70.5 Å². The Morgan fingerprint density at radius 3 is 2.75 bits per heavy atom. The highest BCUT2D eigenvalue weighted by Crippen LogP contribution is 2.29. The Hall–Kier alpha value is -2.45. The van der Waals surface area contributed by atoms with E-state index in [2.05, 4.69) is 50.1 Å². The molecule has 0 saturated heterocycles. The van der Waals surface area contributed by atoms with E-state index in [-0.39, 0.29) is 11.9 Å². The second-order valence-electron chi connectivity index (χ2n) is 8.72. The highest BCUT2D eigenvalue weighted by atomic mass is 32.1. The lowest BCUT2D eigenvalue weighted by atomic mass is 9.96. The number of rotatable bonds is 8. The lowest BCUT2D eigenvalue weighted by molar-refractivity contribution is -0.116. The van der Waals surface area contributed by atoms with Crippen LogP contribution in [0.25, 0.3) is 0 Å². The molecule has 1 aromatic carbocycles. The Labute approximate surface area is 194 Å². The molecule has 3 amide bonds. The van der Waals surface area contributed by atoms with E-state index in [1.807, 2.05) is 6.07 Å². The van der Waals surface area contributed by atoms with E-state index in [9.17, 15) is 9.59 Å². The molecule has 4 rings (SSSR count). The maximum atomic E-state index is 12.3. The molecule has 32 heavy (non-hydrogen) atoms. The fraction of sp³-hybridized carbons (Fsp3) is 0.542. The summed E-state index contributed by atoms with van der Waals surface area (Å²) in [6.07, 6.45) is 7.67. The minimum Gasteiger partial charge on any atom is -0.338 e. The van der Waals surface area contributed by atoms with Gasteiger partial charge >= 0.3 is 6.03 Å². The minimum absolute atomic E-state index is 0.0493. The van der Waals surface area contributed by atoms with Crippen LogP contribution in [0.15, 0.2) is 30.3 Å². The molecular weight excluding hydrogens is 422 g/mol. The maximum absolute atomic E-state index is 12.3. The Balaban J connectivity index is 1.15. The topological polar surface area (TPSA) is 86.4 Å². The summed E-state index contributed by atoms with van der Waals surface area (Å²) in [5.74, 6) is -0.0493. The van der Waals surface area contributed by atoms with Gasteiger partial charge in [-0.15, -0.1) is 11.3 Å². The smallest absolute Gasteiger partial charge is 0.315 e. The number of thiazole rings is 1. The Morgan fingerprint density at radius 1 is 1.12 bits per heavy atom. The highest BCUT2D eigenvalue weighted by molar-refractivity contribution is 7.15. The summed E-state index contributed by atoms with van der Waals surface area (Å²) >= 11 is 1.58. The third-order valence-electron chi connectivity index (χ3n) is 6.11. The monoisotopic (exact) mass is 455 g/mol. The van der Waals surface area contributed by atoms with E-state index >= 15 is 0 Å². The second-order valence-corrected chi connectivity index (χ2v) is 9.81. The molecule has 8 heteroatoms. The minimum atomic E-state index is -0.120. The van der Waals surface area contributed by atoms with Gasteiger partial charge in [-0.3, -0.25) is 9.69 Å². The molecule has 0 unspecified atom stereocenters. The number of nitrogens with zero attached hydrogens (tertiary/aromatic N) is 2. The fourth-order valence-electron chi connectivity index (χ4n) is 4.39. The Morgan fingerprint density at radius 2 is 1.94 bits per heavy atom. The van der Waals surface area contributed by atoms with E-state index < -0.39 is 0 Å². The van der Waals surface area contributed by atoms with Gasteiger partial charge in [0.25, 0.3) is 0 Å². The van der Waals surface area contributed by atoms with Crippen molar-refractivity contribution in [3.8, 4) is 0 Å². The molecular formula is C24H33N5O2S. The van der Waals surface area contributed by atoms with Crippen molar-refractivity contribution in [3.05, 3.63) is 46.5 Å². The first-order chi connectivity index (χ1) is 15.7. The number of urea groups is 1. The largest absolute Gasteiger partial charge is 0.338 e.